The molecule has 0 saturated heterocycles. The number of methoxy groups -OCH3 is 2. The van der Waals surface area contributed by atoms with Gasteiger partial charge in [-0.05, 0) is 24.1 Å². The largest absolute Gasteiger partial charge is 0.468 e. The predicted molar refractivity (Wildman–Crippen MR) is 64.1 cm³/mol. The Morgan fingerprint density at radius 1 is 1.22 bits per heavy atom. The van der Waals surface area contributed by atoms with Gasteiger partial charge in [0.2, 0.25) is 0 Å². The summed E-state index contributed by atoms with van der Waals surface area (Å²) in [5.41, 5.74) is 6.42. The molecule has 0 amide bonds. The van der Waals surface area contributed by atoms with Crippen LogP contribution < -0.4 is 5.73 Å². The fourth-order valence-corrected chi connectivity index (χ4v) is 2.08. The van der Waals surface area contributed by atoms with E-state index in [1.165, 1.54) is 14.2 Å². The van der Waals surface area contributed by atoms with E-state index in [-0.39, 0.29) is 11.9 Å². The first kappa shape index (κ1) is 12.6. The standard InChI is InChI=1S/C13H15NO4/c1-17-11(15)9-5-3-8(4-6-9)10-7-13(10,14)12(16)18-2/h3-6,10H,7,14H2,1-2H3. The summed E-state index contributed by atoms with van der Waals surface area (Å²) in [6.07, 6.45) is 0.567. The van der Waals surface area contributed by atoms with E-state index < -0.39 is 11.5 Å². The molecule has 0 heterocycles. The van der Waals surface area contributed by atoms with E-state index in [1.807, 2.05) is 0 Å². The summed E-state index contributed by atoms with van der Waals surface area (Å²) < 4.78 is 9.28. The van der Waals surface area contributed by atoms with Crippen LogP contribution in [0.2, 0.25) is 0 Å². The summed E-state index contributed by atoms with van der Waals surface area (Å²) in [5.74, 6) is -0.828. The van der Waals surface area contributed by atoms with Crippen LogP contribution in [0.1, 0.15) is 28.3 Å². The van der Waals surface area contributed by atoms with E-state index in [4.69, 9.17) is 5.73 Å². The van der Waals surface area contributed by atoms with Crippen molar-refractivity contribution in [3.05, 3.63) is 35.4 Å². The molecule has 1 fully saturated rings. The molecule has 1 aromatic rings. The van der Waals surface area contributed by atoms with Crippen LogP contribution in [0, 0.1) is 0 Å². The summed E-state index contributed by atoms with van der Waals surface area (Å²) in [5, 5.41) is 0. The summed E-state index contributed by atoms with van der Waals surface area (Å²) in [4.78, 5) is 22.8. The van der Waals surface area contributed by atoms with Gasteiger partial charge in [-0.25, -0.2) is 4.79 Å². The molecule has 0 aliphatic heterocycles. The Morgan fingerprint density at radius 3 is 2.33 bits per heavy atom. The van der Waals surface area contributed by atoms with Gasteiger partial charge in [-0.2, -0.15) is 0 Å². The van der Waals surface area contributed by atoms with Gasteiger partial charge in [0, 0.05) is 5.92 Å². The number of hydrogen-bond donors (Lipinski definition) is 1. The lowest BCUT2D eigenvalue weighted by Crippen LogP contribution is -2.35. The molecular formula is C13H15NO4. The van der Waals surface area contributed by atoms with Crippen LogP contribution in [0.3, 0.4) is 0 Å². The Bertz CT molecular complexity index is 482. The lowest BCUT2D eigenvalue weighted by molar-refractivity contribution is -0.143. The number of carbonyl (C=O) groups is 2. The van der Waals surface area contributed by atoms with Crippen molar-refractivity contribution in [1.29, 1.82) is 0 Å². The van der Waals surface area contributed by atoms with Crippen LogP contribution in [0.15, 0.2) is 24.3 Å². The molecule has 0 bridgehead atoms. The average Bonchev–Trinajstić information content (AvgIpc) is 3.10. The number of benzene rings is 1. The normalized spacial score (nSPS) is 25.4. The minimum Gasteiger partial charge on any atom is -0.468 e. The van der Waals surface area contributed by atoms with Crippen molar-refractivity contribution in [3.63, 3.8) is 0 Å². The molecule has 5 nitrogen and oxygen atoms in total. The summed E-state index contributed by atoms with van der Waals surface area (Å²) in [6.45, 7) is 0. The van der Waals surface area contributed by atoms with Crippen molar-refractivity contribution in [2.24, 2.45) is 5.73 Å². The van der Waals surface area contributed by atoms with Gasteiger partial charge in [0.15, 0.2) is 0 Å². The molecule has 1 aliphatic carbocycles. The van der Waals surface area contributed by atoms with Crippen molar-refractivity contribution < 1.29 is 19.1 Å². The number of nitrogens with two attached hydrogens (primary N) is 1. The lowest BCUT2D eigenvalue weighted by atomic mass is 10.0. The third kappa shape index (κ3) is 1.97. The van der Waals surface area contributed by atoms with Crippen LogP contribution in [0.25, 0.3) is 0 Å². The third-order valence-electron chi connectivity index (χ3n) is 3.30. The van der Waals surface area contributed by atoms with Gasteiger partial charge in [-0.1, -0.05) is 12.1 Å². The molecule has 96 valence electrons. The first-order valence-electron chi connectivity index (χ1n) is 5.58. The molecule has 18 heavy (non-hydrogen) atoms. The minimum absolute atomic E-state index is 0.0448. The maximum absolute atomic E-state index is 11.5. The molecule has 2 unspecified atom stereocenters. The number of carbonyl (C=O) groups excluding carboxylic acids is 2. The van der Waals surface area contributed by atoms with E-state index >= 15 is 0 Å². The Morgan fingerprint density at radius 2 is 1.83 bits per heavy atom. The zero-order valence-electron chi connectivity index (χ0n) is 10.3. The third-order valence-corrected chi connectivity index (χ3v) is 3.30. The maximum Gasteiger partial charge on any atom is 0.337 e. The molecule has 0 aromatic heterocycles. The number of esters is 2. The highest BCUT2D eigenvalue weighted by Gasteiger charge is 2.58. The lowest BCUT2D eigenvalue weighted by Gasteiger charge is -2.09. The Kier molecular flexibility index (Phi) is 3.09. The topological polar surface area (TPSA) is 78.6 Å². The maximum atomic E-state index is 11.5. The first-order valence-corrected chi connectivity index (χ1v) is 5.58. The fourth-order valence-electron chi connectivity index (χ4n) is 2.08. The molecule has 0 spiro atoms. The second-order valence-corrected chi connectivity index (χ2v) is 4.40. The summed E-state index contributed by atoms with van der Waals surface area (Å²) >= 11 is 0. The molecule has 2 atom stereocenters. The van der Waals surface area contributed by atoms with Gasteiger partial charge in [-0.3, -0.25) is 4.79 Å². The minimum atomic E-state index is -0.915. The molecule has 0 radical (unpaired) electrons. The second-order valence-electron chi connectivity index (χ2n) is 4.40. The van der Waals surface area contributed by atoms with E-state index in [9.17, 15) is 9.59 Å². The smallest absolute Gasteiger partial charge is 0.337 e. The summed E-state index contributed by atoms with van der Waals surface area (Å²) in [7, 11) is 2.66. The van der Waals surface area contributed by atoms with Gasteiger partial charge in [-0.15, -0.1) is 0 Å². The van der Waals surface area contributed by atoms with Crippen molar-refractivity contribution in [2.75, 3.05) is 14.2 Å². The van der Waals surface area contributed by atoms with Crippen molar-refractivity contribution in [3.8, 4) is 0 Å². The van der Waals surface area contributed by atoms with Crippen LogP contribution in [0.4, 0.5) is 0 Å². The highest BCUT2D eigenvalue weighted by atomic mass is 16.5. The number of hydrogen-bond acceptors (Lipinski definition) is 5. The van der Waals surface area contributed by atoms with Crippen LogP contribution in [0.5, 0.6) is 0 Å². The molecule has 5 heteroatoms. The quantitative estimate of drug-likeness (QED) is 0.803. The molecule has 1 aliphatic rings. The van der Waals surface area contributed by atoms with Gasteiger partial charge in [0.05, 0.1) is 19.8 Å². The summed E-state index contributed by atoms with van der Waals surface area (Å²) in [6, 6.07) is 6.90. The van der Waals surface area contributed by atoms with Gasteiger partial charge in [0.25, 0.3) is 0 Å². The molecule has 2 N–H and O–H groups in total. The van der Waals surface area contributed by atoms with Crippen LogP contribution >= 0.6 is 0 Å². The average molecular weight is 249 g/mol. The van der Waals surface area contributed by atoms with E-state index in [1.54, 1.807) is 24.3 Å². The molecular weight excluding hydrogens is 234 g/mol. The Hall–Kier alpha value is -1.88. The zero-order chi connectivity index (χ0) is 13.3. The van der Waals surface area contributed by atoms with E-state index in [0.29, 0.717) is 12.0 Å². The van der Waals surface area contributed by atoms with Gasteiger partial charge >= 0.3 is 11.9 Å². The van der Waals surface area contributed by atoms with Gasteiger partial charge in [0.1, 0.15) is 5.54 Å². The molecule has 2 rings (SSSR count). The predicted octanol–water partition coefficient (Wildman–Crippen LogP) is 0.831. The molecule has 1 saturated carbocycles. The fraction of sp³-hybridized carbons (Fsp3) is 0.385. The second kappa shape index (κ2) is 4.42. The van der Waals surface area contributed by atoms with Crippen molar-refractivity contribution in [2.45, 2.75) is 17.9 Å². The van der Waals surface area contributed by atoms with Crippen LogP contribution in [-0.2, 0) is 14.3 Å². The van der Waals surface area contributed by atoms with E-state index in [2.05, 4.69) is 9.47 Å². The van der Waals surface area contributed by atoms with Gasteiger partial charge < -0.3 is 15.2 Å². The zero-order valence-corrected chi connectivity index (χ0v) is 10.3. The number of rotatable bonds is 3. The molecule has 1 aromatic carbocycles. The highest BCUT2D eigenvalue weighted by Crippen LogP contribution is 2.50. The van der Waals surface area contributed by atoms with Crippen molar-refractivity contribution in [1.82, 2.24) is 0 Å². The SMILES string of the molecule is COC(=O)c1ccc(C2CC2(N)C(=O)OC)cc1. The number of ether oxygens (including phenoxy) is 2. The Labute approximate surface area is 105 Å². The van der Waals surface area contributed by atoms with Crippen molar-refractivity contribution >= 4 is 11.9 Å². The highest BCUT2D eigenvalue weighted by molar-refractivity contribution is 5.89. The Balaban J connectivity index is 2.13. The van der Waals surface area contributed by atoms with Crippen LogP contribution in [-0.4, -0.2) is 31.7 Å². The monoisotopic (exact) mass is 249 g/mol. The van der Waals surface area contributed by atoms with E-state index in [0.717, 1.165) is 5.56 Å². The first-order chi connectivity index (χ1) is 8.52.